The Morgan fingerprint density at radius 3 is 2.43 bits per heavy atom. The summed E-state index contributed by atoms with van der Waals surface area (Å²) in [4.78, 5) is 22.4. The van der Waals surface area contributed by atoms with Gasteiger partial charge in [0.15, 0.2) is 0 Å². The van der Waals surface area contributed by atoms with E-state index >= 15 is 0 Å². The van der Waals surface area contributed by atoms with Crippen LogP contribution in [0.2, 0.25) is 0 Å². The molecule has 6 nitrogen and oxygen atoms in total. The van der Waals surface area contributed by atoms with Crippen LogP contribution in [0.1, 0.15) is 41.3 Å². The first kappa shape index (κ1) is 16.4. The fourth-order valence-electron chi connectivity index (χ4n) is 2.01. The summed E-state index contributed by atoms with van der Waals surface area (Å²) in [7, 11) is 0. The van der Waals surface area contributed by atoms with Crippen molar-refractivity contribution in [3.63, 3.8) is 0 Å². The van der Waals surface area contributed by atoms with Crippen molar-refractivity contribution in [1.29, 1.82) is 0 Å². The molecule has 2 rings (SSSR count). The monoisotopic (exact) mass is 311 g/mol. The summed E-state index contributed by atoms with van der Waals surface area (Å²) in [5.41, 5.74) is 4.26. The number of nitrogens with zero attached hydrogens (tertiary/aromatic N) is 2. The van der Waals surface area contributed by atoms with Crippen LogP contribution in [0.3, 0.4) is 0 Å². The molecule has 23 heavy (non-hydrogen) atoms. The number of rotatable bonds is 5. The highest BCUT2D eigenvalue weighted by Gasteiger charge is 2.10. The number of nitro benzene ring substituents is 1. The van der Waals surface area contributed by atoms with Crippen LogP contribution < -0.4 is 5.43 Å². The Hall–Kier alpha value is -3.02. The van der Waals surface area contributed by atoms with Gasteiger partial charge in [0.2, 0.25) is 0 Å². The van der Waals surface area contributed by atoms with Crippen molar-refractivity contribution in [2.24, 2.45) is 5.10 Å². The van der Waals surface area contributed by atoms with Gasteiger partial charge in [-0.3, -0.25) is 14.9 Å². The van der Waals surface area contributed by atoms with Crippen LogP contribution >= 0.6 is 0 Å². The second-order valence-corrected chi connectivity index (χ2v) is 5.29. The lowest BCUT2D eigenvalue weighted by atomic mass is 10.0. The highest BCUT2D eigenvalue weighted by atomic mass is 16.6. The Labute approximate surface area is 134 Å². The molecule has 1 N–H and O–H groups in total. The number of amides is 1. The van der Waals surface area contributed by atoms with Gasteiger partial charge in [0.1, 0.15) is 0 Å². The minimum Gasteiger partial charge on any atom is -0.267 e. The summed E-state index contributed by atoms with van der Waals surface area (Å²) < 4.78 is 0. The molecular weight excluding hydrogens is 294 g/mol. The maximum atomic E-state index is 12.0. The number of carbonyl (C=O) groups is 1. The minimum absolute atomic E-state index is 0.0632. The number of hydrogen-bond acceptors (Lipinski definition) is 4. The standard InChI is InChI=1S/C17H17N3O3/c1-12(2)13-7-9-14(10-8-13)17(21)19-18-11-15-5-3-4-6-16(15)20(22)23/h3-12H,1-2H3,(H,19,21)/b18-11+. The van der Waals surface area contributed by atoms with Gasteiger partial charge in [-0.15, -0.1) is 0 Å². The molecule has 6 heteroatoms. The predicted molar refractivity (Wildman–Crippen MR) is 88.7 cm³/mol. The normalized spacial score (nSPS) is 10.9. The topological polar surface area (TPSA) is 84.6 Å². The largest absolute Gasteiger partial charge is 0.278 e. The van der Waals surface area contributed by atoms with E-state index in [1.807, 2.05) is 12.1 Å². The molecule has 2 aromatic carbocycles. The van der Waals surface area contributed by atoms with Crippen LogP contribution in [-0.2, 0) is 0 Å². The van der Waals surface area contributed by atoms with Gasteiger partial charge < -0.3 is 0 Å². The fourth-order valence-corrected chi connectivity index (χ4v) is 2.01. The van der Waals surface area contributed by atoms with Gasteiger partial charge >= 0.3 is 0 Å². The third-order valence-corrected chi connectivity index (χ3v) is 3.34. The van der Waals surface area contributed by atoms with Crippen LogP contribution in [0.15, 0.2) is 53.6 Å². The van der Waals surface area contributed by atoms with Crippen LogP contribution in [0.4, 0.5) is 5.69 Å². The summed E-state index contributed by atoms with van der Waals surface area (Å²) in [5, 5.41) is 14.7. The number of carbonyl (C=O) groups excluding carboxylic acids is 1. The molecule has 0 aliphatic heterocycles. The van der Waals surface area contributed by atoms with Gasteiger partial charge in [0.05, 0.1) is 16.7 Å². The minimum atomic E-state index is -0.492. The van der Waals surface area contributed by atoms with Crippen molar-refractivity contribution in [2.75, 3.05) is 0 Å². The molecule has 0 heterocycles. The molecule has 0 saturated heterocycles. The first-order valence-corrected chi connectivity index (χ1v) is 7.16. The SMILES string of the molecule is CC(C)c1ccc(C(=O)N/N=C/c2ccccc2[N+](=O)[O-])cc1. The third kappa shape index (κ3) is 4.23. The Kier molecular flexibility index (Phi) is 5.19. The van der Waals surface area contributed by atoms with Crippen molar-refractivity contribution in [1.82, 2.24) is 5.43 Å². The van der Waals surface area contributed by atoms with Crippen LogP contribution in [0, 0.1) is 10.1 Å². The summed E-state index contributed by atoms with van der Waals surface area (Å²) in [6.45, 7) is 4.15. The van der Waals surface area contributed by atoms with E-state index in [9.17, 15) is 14.9 Å². The van der Waals surface area contributed by atoms with Crippen molar-refractivity contribution in [2.45, 2.75) is 19.8 Å². The molecule has 0 saturated carbocycles. The Bertz CT molecular complexity index is 737. The van der Waals surface area contributed by atoms with E-state index < -0.39 is 4.92 Å². The molecule has 0 atom stereocenters. The van der Waals surface area contributed by atoms with E-state index in [0.717, 1.165) is 5.56 Å². The number of hydrazone groups is 1. The number of nitrogens with one attached hydrogen (secondary N) is 1. The maximum Gasteiger partial charge on any atom is 0.278 e. The number of hydrogen-bond donors (Lipinski definition) is 1. The molecule has 0 unspecified atom stereocenters. The quantitative estimate of drug-likeness (QED) is 0.521. The van der Waals surface area contributed by atoms with Gasteiger partial charge in [0.25, 0.3) is 11.6 Å². The van der Waals surface area contributed by atoms with Gasteiger partial charge in [-0.1, -0.05) is 38.1 Å². The van der Waals surface area contributed by atoms with Crippen LogP contribution in [-0.4, -0.2) is 17.0 Å². The number of benzene rings is 2. The molecule has 2 aromatic rings. The second kappa shape index (κ2) is 7.31. The van der Waals surface area contributed by atoms with Crippen molar-refractivity contribution in [3.05, 3.63) is 75.3 Å². The van der Waals surface area contributed by atoms with E-state index in [1.165, 1.54) is 12.3 Å². The second-order valence-electron chi connectivity index (χ2n) is 5.29. The summed E-state index contributed by atoms with van der Waals surface area (Å²) in [6.07, 6.45) is 1.26. The predicted octanol–water partition coefficient (Wildman–Crippen LogP) is 3.48. The Balaban J connectivity index is 2.05. The smallest absolute Gasteiger partial charge is 0.267 e. The van der Waals surface area contributed by atoms with Gasteiger partial charge in [-0.25, -0.2) is 5.43 Å². The first-order valence-electron chi connectivity index (χ1n) is 7.16. The summed E-state index contributed by atoms with van der Waals surface area (Å²) in [6, 6.07) is 13.4. The Morgan fingerprint density at radius 1 is 1.17 bits per heavy atom. The van der Waals surface area contributed by atoms with Gasteiger partial charge in [-0.05, 0) is 29.7 Å². The van der Waals surface area contributed by atoms with Crippen molar-refractivity contribution >= 4 is 17.8 Å². The molecule has 1 amide bonds. The van der Waals surface area contributed by atoms with E-state index in [4.69, 9.17) is 0 Å². The van der Waals surface area contributed by atoms with E-state index in [-0.39, 0.29) is 11.6 Å². The molecule has 0 aliphatic carbocycles. The molecular formula is C17H17N3O3. The van der Waals surface area contributed by atoms with E-state index in [2.05, 4.69) is 24.4 Å². The van der Waals surface area contributed by atoms with Crippen LogP contribution in [0.25, 0.3) is 0 Å². The molecule has 0 spiro atoms. The van der Waals surface area contributed by atoms with Crippen LogP contribution in [0.5, 0.6) is 0 Å². The summed E-state index contributed by atoms with van der Waals surface area (Å²) in [5.74, 6) is 0.0268. The Morgan fingerprint density at radius 2 is 1.83 bits per heavy atom. The van der Waals surface area contributed by atoms with Gasteiger partial charge in [-0.2, -0.15) is 5.10 Å². The number of nitro groups is 1. The average Bonchev–Trinajstić information content (AvgIpc) is 2.55. The zero-order valence-electron chi connectivity index (χ0n) is 12.9. The fraction of sp³-hybridized carbons (Fsp3) is 0.176. The highest BCUT2D eigenvalue weighted by Crippen LogP contribution is 2.16. The molecule has 0 aromatic heterocycles. The summed E-state index contributed by atoms with van der Waals surface area (Å²) >= 11 is 0. The first-order chi connectivity index (χ1) is 11.0. The third-order valence-electron chi connectivity index (χ3n) is 3.34. The highest BCUT2D eigenvalue weighted by molar-refractivity contribution is 5.95. The average molecular weight is 311 g/mol. The molecule has 118 valence electrons. The molecule has 0 bridgehead atoms. The van der Waals surface area contributed by atoms with Crippen molar-refractivity contribution in [3.8, 4) is 0 Å². The van der Waals surface area contributed by atoms with E-state index in [0.29, 0.717) is 17.0 Å². The molecule has 0 radical (unpaired) electrons. The van der Waals surface area contributed by atoms with E-state index in [1.54, 1.807) is 30.3 Å². The lowest BCUT2D eigenvalue weighted by molar-refractivity contribution is -0.385. The van der Waals surface area contributed by atoms with Gasteiger partial charge in [0, 0.05) is 11.6 Å². The zero-order chi connectivity index (χ0) is 16.8. The lowest BCUT2D eigenvalue weighted by Crippen LogP contribution is -2.17. The molecule has 0 aliphatic rings. The van der Waals surface area contributed by atoms with Crippen molar-refractivity contribution < 1.29 is 9.72 Å². The zero-order valence-corrected chi connectivity index (χ0v) is 12.9. The molecule has 0 fully saturated rings. The maximum absolute atomic E-state index is 12.0. The lowest BCUT2D eigenvalue weighted by Gasteiger charge is -2.05. The number of para-hydroxylation sites is 1.